The van der Waals surface area contributed by atoms with Gasteiger partial charge in [0.2, 0.25) is 0 Å². The molecule has 0 aromatic heterocycles. The van der Waals surface area contributed by atoms with Crippen LogP contribution in [0.4, 0.5) is 0 Å². The van der Waals surface area contributed by atoms with Gasteiger partial charge in [-0.2, -0.15) is 0 Å². The third-order valence-electron chi connectivity index (χ3n) is 0.938. The first-order chi connectivity index (χ1) is 6.83. The van der Waals surface area contributed by atoms with Crippen molar-refractivity contribution in [1.82, 2.24) is 0 Å². The Balaban J connectivity index is 4.65. The standard InChI is InChI=1S/C4H13O9P3/c1-4(2)12-16(10,11)13-15(8,9)3-14(5,6)7/h4H,3H2,1-2H3,(H,8,9)(H,10,11)(H2,5,6,7). The third kappa shape index (κ3) is 8.58. The van der Waals surface area contributed by atoms with Crippen LogP contribution in [0, 0.1) is 0 Å². The highest BCUT2D eigenvalue weighted by Gasteiger charge is 2.39. The minimum Gasteiger partial charge on any atom is -0.324 e. The second-order valence-corrected chi connectivity index (χ2v) is 8.68. The van der Waals surface area contributed by atoms with E-state index in [0.717, 1.165) is 0 Å². The van der Waals surface area contributed by atoms with Crippen molar-refractivity contribution in [2.75, 3.05) is 5.90 Å². The van der Waals surface area contributed by atoms with Gasteiger partial charge in [-0.25, -0.2) is 8.88 Å². The van der Waals surface area contributed by atoms with Crippen LogP contribution in [0.25, 0.3) is 0 Å². The minimum absolute atomic E-state index is 0.758. The Labute approximate surface area is 91.7 Å². The first-order valence-electron chi connectivity index (χ1n) is 3.92. The molecule has 2 atom stereocenters. The molecule has 0 aliphatic heterocycles. The van der Waals surface area contributed by atoms with Gasteiger partial charge >= 0.3 is 23.0 Å². The zero-order valence-electron chi connectivity index (χ0n) is 8.46. The lowest BCUT2D eigenvalue weighted by Gasteiger charge is -2.18. The summed E-state index contributed by atoms with van der Waals surface area (Å²) in [7, 11) is -14.5. The lowest BCUT2D eigenvalue weighted by molar-refractivity contribution is 0.157. The molecular weight excluding hydrogens is 285 g/mol. The van der Waals surface area contributed by atoms with Crippen molar-refractivity contribution >= 4 is 23.0 Å². The Bertz CT molecular complexity index is 369. The van der Waals surface area contributed by atoms with E-state index in [4.69, 9.17) is 19.6 Å². The summed E-state index contributed by atoms with van der Waals surface area (Å²) in [6, 6.07) is 0. The van der Waals surface area contributed by atoms with E-state index >= 15 is 0 Å². The van der Waals surface area contributed by atoms with Gasteiger partial charge in [-0.05, 0) is 13.8 Å². The van der Waals surface area contributed by atoms with Gasteiger partial charge in [0, 0.05) is 0 Å². The smallest absolute Gasteiger partial charge is 0.324 e. The molecule has 98 valence electrons. The Kier molecular flexibility index (Phi) is 5.55. The number of hydrogen-bond donors (Lipinski definition) is 4. The maximum Gasteiger partial charge on any atom is 0.479 e. The summed E-state index contributed by atoms with van der Waals surface area (Å²) in [6.07, 6.45) is -0.758. The quantitative estimate of drug-likeness (QED) is 0.523. The van der Waals surface area contributed by atoms with Crippen LogP contribution >= 0.6 is 23.0 Å². The van der Waals surface area contributed by atoms with Crippen molar-refractivity contribution < 1.29 is 42.1 Å². The zero-order chi connectivity index (χ0) is 13.2. The average Bonchev–Trinajstić information content (AvgIpc) is 1.69. The second kappa shape index (κ2) is 5.40. The number of rotatable bonds is 6. The van der Waals surface area contributed by atoms with Crippen LogP contribution in [0.15, 0.2) is 0 Å². The summed E-state index contributed by atoms with van der Waals surface area (Å²) in [5, 5.41) is 0. The van der Waals surface area contributed by atoms with Crippen molar-refractivity contribution in [3.63, 3.8) is 0 Å². The molecule has 0 aliphatic rings. The van der Waals surface area contributed by atoms with Gasteiger partial charge in [-0.3, -0.25) is 13.7 Å². The van der Waals surface area contributed by atoms with Gasteiger partial charge in [0.15, 0.2) is 5.90 Å². The molecule has 0 heterocycles. The summed E-state index contributed by atoms with van der Waals surface area (Å²) < 4.78 is 40.6. The molecular formula is C4H13O9P3. The monoisotopic (exact) mass is 298 g/mol. The zero-order valence-corrected chi connectivity index (χ0v) is 11.1. The maximum absolute atomic E-state index is 11.1. The van der Waals surface area contributed by atoms with Gasteiger partial charge in [-0.15, -0.1) is 0 Å². The molecule has 16 heavy (non-hydrogen) atoms. The van der Waals surface area contributed by atoms with Crippen molar-refractivity contribution in [1.29, 1.82) is 0 Å². The number of phosphoric acid groups is 1. The molecule has 2 unspecified atom stereocenters. The molecule has 0 aliphatic carbocycles. The highest BCUT2D eigenvalue weighted by Crippen LogP contribution is 2.65. The molecule has 0 fully saturated rings. The first kappa shape index (κ1) is 16.4. The van der Waals surface area contributed by atoms with E-state index in [1.165, 1.54) is 13.8 Å². The van der Waals surface area contributed by atoms with E-state index < -0.39 is 35.0 Å². The van der Waals surface area contributed by atoms with Gasteiger partial charge < -0.3 is 19.6 Å². The summed E-state index contributed by atoms with van der Waals surface area (Å²) in [5.41, 5.74) is 0. The van der Waals surface area contributed by atoms with Crippen LogP contribution in [0.2, 0.25) is 0 Å². The SMILES string of the molecule is CC(C)OP(=O)(O)OP(=O)(O)CP(=O)(O)O. The summed E-state index contributed by atoms with van der Waals surface area (Å²) in [6.45, 7) is 2.75. The second-order valence-electron chi connectivity index (χ2n) is 3.15. The van der Waals surface area contributed by atoms with Crippen LogP contribution in [-0.4, -0.2) is 31.6 Å². The Morgan fingerprint density at radius 1 is 1.06 bits per heavy atom. The van der Waals surface area contributed by atoms with Gasteiger partial charge in [-0.1, -0.05) is 0 Å². The maximum atomic E-state index is 11.1. The Morgan fingerprint density at radius 2 is 1.50 bits per heavy atom. The van der Waals surface area contributed by atoms with Crippen molar-refractivity contribution in [2.24, 2.45) is 0 Å². The van der Waals surface area contributed by atoms with E-state index in [9.17, 15) is 13.7 Å². The van der Waals surface area contributed by atoms with E-state index in [1.54, 1.807) is 0 Å². The largest absolute Gasteiger partial charge is 0.479 e. The molecule has 0 rings (SSSR count). The molecule has 4 N–H and O–H groups in total. The van der Waals surface area contributed by atoms with Crippen molar-refractivity contribution in [3.8, 4) is 0 Å². The molecule has 12 heteroatoms. The Hall–Kier alpha value is 0.450. The fourth-order valence-electron chi connectivity index (χ4n) is 0.706. The average molecular weight is 298 g/mol. The lowest BCUT2D eigenvalue weighted by Crippen LogP contribution is -2.03. The fourth-order valence-corrected chi connectivity index (χ4v) is 5.22. The number of phosphoric ester groups is 1. The van der Waals surface area contributed by atoms with E-state index in [-0.39, 0.29) is 0 Å². The third-order valence-corrected chi connectivity index (χ3v) is 6.38. The van der Waals surface area contributed by atoms with Crippen molar-refractivity contribution in [3.05, 3.63) is 0 Å². The van der Waals surface area contributed by atoms with Crippen LogP contribution in [-0.2, 0) is 22.5 Å². The predicted molar refractivity (Wildman–Crippen MR) is 53.9 cm³/mol. The van der Waals surface area contributed by atoms with Gasteiger partial charge in [0.1, 0.15) is 0 Å². The highest BCUT2D eigenvalue weighted by molar-refractivity contribution is 7.73. The molecule has 0 aromatic carbocycles. The minimum atomic E-state index is -4.89. The van der Waals surface area contributed by atoms with Crippen molar-refractivity contribution in [2.45, 2.75) is 20.0 Å². The van der Waals surface area contributed by atoms with Gasteiger partial charge in [0.25, 0.3) is 0 Å². The Morgan fingerprint density at radius 3 is 1.81 bits per heavy atom. The molecule has 9 nitrogen and oxygen atoms in total. The molecule has 0 aromatic rings. The summed E-state index contributed by atoms with van der Waals surface area (Å²) >= 11 is 0. The molecule has 0 amide bonds. The van der Waals surface area contributed by atoms with E-state index in [1.807, 2.05) is 0 Å². The van der Waals surface area contributed by atoms with Crippen LogP contribution in [0.5, 0.6) is 0 Å². The first-order valence-corrected chi connectivity index (χ1v) is 8.97. The topological polar surface area (TPSA) is 151 Å². The lowest BCUT2D eigenvalue weighted by atomic mass is 10.5. The summed E-state index contributed by atoms with van der Waals surface area (Å²) in [5.74, 6) is -1.55. The normalized spacial score (nSPS) is 20.4. The van der Waals surface area contributed by atoms with E-state index in [0.29, 0.717) is 0 Å². The van der Waals surface area contributed by atoms with Crippen LogP contribution < -0.4 is 0 Å². The highest BCUT2D eigenvalue weighted by atomic mass is 31.3. The molecule has 0 saturated heterocycles. The van der Waals surface area contributed by atoms with Crippen LogP contribution in [0.3, 0.4) is 0 Å². The molecule has 0 bridgehead atoms. The van der Waals surface area contributed by atoms with Gasteiger partial charge in [0.05, 0.1) is 6.10 Å². The van der Waals surface area contributed by atoms with E-state index in [2.05, 4.69) is 8.83 Å². The van der Waals surface area contributed by atoms with Crippen LogP contribution in [0.1, 0.15) is 13.8 Å². The molecule has 0 spiro atoms. The molecule has 0 saturated carbocycles. The summed E-state index contributed by atoms with van der Waals surface area (Å²) in [4.78, 5) is 34.7. The predicted octanol–water partition coefficient (Wildman–Crippen LogP) is 0.849. The molecule has 0 radical (unpaired) electrons. The fraction of sp³-hybridized carbons (Fsp3) is 1.00. The number of hydrogen-bond acceptors (Lipinski definition) is 5.